The van der Waals surface area contributed by atoms with E-state index in [-0.39, 0.29) is 5.54 Å². The number of nitrogens with one attached hydrogen (secondary N) is 1. The van der Waals surface area contributed by atoms with E-state index < -0.39 is 0 Å². The SMILES string of the molecule is CC1(C)CN(Cc2sccc2Br)c2ccccc2CN1. The highest BCUT2D eigenvalue weighted by Gasteiger charge is 2.27. The number of anilines is 1. The lowest BCUT2D eigenvalue weighted by molar-refractivity contribution is 0.395. The van der Waals surface area contributed by atoms with Crippen LogP contribution in [0.15, 0.2) is 40.2 Å². The van der Waals surface area contributed by atoms with Gasteiger partial charge in [0, 0.05) is 33.7 Å². The van der Waals surface area contributed by atoms with Crippen LogP contribution in [0.25, 0.3) is 0 Å². The Labute approximate surface area is 132 Å². The normalized spacial score (nSPS) is 17.6. The summed E-state index contributed by atoms with van der Waals surface area (Å²) in [5, 5.41) is 5.80. The van der Waals surface area contributed by atoms with Crippen LogP contribution in [0.5, 0.6) is 0 Å². The molecule has 2 aromatic rings. The smallest absolute Gasteiger partial charge is 0.0535 e. The van der Waals surface area contributed by atoms with Gasteiger partial charge in [-0.25, -0.2) is 0 Å². The summed E-state index contributed by atoms with van der Waals surface area (Å²) in [5.74, 6) is 0. The number of thiophene rings is 1. The molecule has 0 unspecified atom stereocenters. The highest BCUT2D eigenvalue weighted by molar-refractivity contribution is 9.10. The number of nitrogens with zero attached hydrogens (tertiary/aromatic N) is 1. The van der Waals surface area contributed by atoms with Crippen molar-refractivity contribution in [3.63, 3.8) is 0 Å². The van der Waals surface area contributed by atoms with E-state index in [0.717, 1.165) is 19.6 Å². The zero-order chi connectivity index (χ0) is 14.2. The molecule has 0 aliphatic carbocycles. The van der Waals surface area contributed by atoms with Gasteiger partial charge in [0.1, 0.15) is 0 Å². The van der Waals surface area contributed by atoms with Crippen molar-refractivity contribution in [2.24, 2.45) is 0 Å². The molecule has 0 spiro atoms. The third-order valence-electron chi connectivity index (χ3n) is 3.70. The maximum atomic E-state index is 3.65. The first kappa shape index (κ1) is 14.1. The van der Waals surface area contributed by atoms with Crippen molar-refractivity contribution in [2.75, 3.05) is 11.4 Å². The van der Waals surface area contributed by atoms with Crippen LogP contribution in [0, 0.1) is 0 Å². The van der Waals surface area contributed by atoms with E-state index in [1.807, 2.05) is 11.3 Å². The fourth-order valence-electron chi connectivity index (χ4n) is 2.67. The highest BCUT2D eigenvalue weighted by Crippen LogP contribution is 2.31. The second-order valence-corrected chi connectivity index (χ2v) is 7.77. The molecular weight excluding hydrogens is 332 g/mol. The number of hydrogen-bond donors (Lipinski definition) is 1. The molecule has 0 bridgehead atoms. The molecule has 1 aliphatic rings. The summed E-state index contributed by atoms with van der Waals surface area (Å²) >= 11 is 5.47. The minimum atomic E-state index is 0.114. The third-order valence-corrected chi connectivity index (χ3v) is 5.61. The van der Waals surface area contributed by atoms with Crippen molar-refractivity contribution >= 4 is 33.0 Å². The maximum Gasteiger partial charge on any atom is 0.0535 e. The Morgan fingerprint density at radius 1 is 1.30 bits per heavy atom. The first-order chi connectivity index (χ1) is 9.55. The molecule has 1 aromatic heterocycles. The van der Waals surface area contributed by atoms with Gasteiger partial charge >= 0.3 is 0 Å². The molecule has 0 atom stereocenters. The van der Waals surface area contributed by atoms with Gasteiger partial charge in [-0.15, -0.1) is 11.3 Å². The van der Waals surface area contributed by atoms with Crippen LogP contribution in [0.4, 0.5) is 5.69 Å². The van der Waals surface area contributed by atoms with Gasteiger partial charge in [0.05, 0.1) is 6.54 Å². The molecule has 106 valence electrons. The van der Waals surface area contributed by atoms with E-state index in [9.17, 15) is 0 Å². The van der Waals surface area contributed by atoms with Crippen molar-refractivity contribution in [1.29, 1.82) is 0 Å². The molecule has 2 heterocycles. The largest absolute Gasteiger partial charge is 0.364 e. The van der Waals surface area contributed by atoms with Gasteiger partial charge in [0.2, 0.25) is 0 Å². The van der Waals surface area contributed by atoms with Crippen LogP contribution >= 0.6 is 27.3 Å². The topological polar surface area (TPSA) is 15.3 Å². The van der Waals surface area contributed by atoms with E-state index in [1.54, 1.807) is 0 Å². The van der Waals surface area contributed by atoms with Crippen molar-refractivity contribution in [2.45, 2.75) is 32.5 Å². The Morgan fingerprint density at radius 2 is 2.10 bits per heavy atom. The van der Waals surface area contributed by atoms with Gasteiger partial charge in [-0.1, -0.05) is 18.2 Å². The quantitative estimate of drug-likeness (QED) is 0.863. The summed E-state index contributed by atoms with van der Waals surface area (Å²) < 4.78 is 1.22. The van der Waals surface area contributed by atoms with Gasteiger partial charge in [0.15, 0.2) is 0 Å². The summed E-state index contributed by atoms with van der Waals surface area (Å²) in [7, 11) is 0. The maximum absolute atomic E-state index is 3.65. The lowest BCUT2D eigenvalue weighted by atomic mass is 10.1. The molecular formula is C16H19BrN2S. The number of benzene rings is 1. The van der Waals surface area contributed by atoms with Crippen molar-refractivity contribution in [3.8, 4) is 0 Å². The first-order valence-corrected chi connectivity index (χ1v) is 8.52. The van der Waals surface area contributed by atoms with E-state index in [0.29, 0.717) is 0 Å². The van der Waals surface area contributed by atoms with Crippen LogP contribution in [-0.2, 0) is 13.1 Å². The highest BCUT2D eigenvalue weighted by atomic mass is 79.9. The number of halogens is 1. The molecule has 1 aliphatic heterocycles. The molecule has 0 saturated heterocycles. The van der Waals surface area contributed by atoms with E-state index in [2.05, 4.69) is 75.7 Å². The first-order valence-electron chi connectivity index (χ1n) is 6.85. The Hall–Kier alpha value is -0.840. The zero-order valence-corrected chi connectivity index (χ0v) is 14.2. The average Bonchev–Trinajstić information content (AvgIpc) is 2.75. The molecule has 1 N–H and O–H groups in total. The lowest BCUT2D eigenvalue weighted by Crippen LogP contribution is -2.46. The van der Waals surface area contributed by atoms with Crippen LogP contribution in [-0.4, -0.2) is 12.1 Å². The van der Waals surface area contributed by atoms with Gasteiger partial charge in [-0.3, -0.25) is 0 Å². The van der Waals surface area contributed by atoms with Crippen molar-refractivity contribution in [1.82, 2.24) is 5.32 Å². The average molecular weight is 351 g/mol. The third kappa shape index (κ3) is 2.92. The van der Waals surface area contributed by atoms with Gasteiger partial charge in [-0.05, 0) is 52.9 Å². The summed E-state index contributed by atoms with van der Waals surface area (Å²) in [6.45, 7) is 7.45. The van der Waals surface area contributed by atoms with Gasteiger partial charge < -0.3 is 10.2 Å². The van der Waals surface area contributed by atoms with Crippen LogP contribution in [0.2, 0.25) is 0 Å². The molecule has 0 amide bonds. The molecule has 0 radical (unpaired) electrons. The predicted molar refractivity (Wildman–Crippen MR) is 90.4 cm³/mol. The Balaban J connectivity index is 1.96. The van der Waals surface area contributed by atoms with Crippen LogP contribution < -0.4 is 10.2 Å². The van der Waals surface area contributed by atoms with Crippen LogP contribution in [0.3, 0.4) is 0 Å². The van der Waals surface area contributed by atoms with Gasteiger partial charge in [0.25, 0.3) is 0 Å². The Morgan fingerprint density at radius 3 is 2.85 bits per heavy atom. The molecule has 2 nitrogen and oxygen atoms in total. The predicted octanol–water partition coefficient (Wildman–Crippen LogP) is 4.40. The van der Waals surface area contributed by atoms with Crippen molar-refractivity contribution < 1.29 is 0 Å². The van der Waals surface area contributed by atoms with Crippen molar-refractivity contribution in [3.05, 3.63) is 50.6 Å². The zero-order valence-electron chi connectivity index (χ0n) is 11.8. The van der Waals surface area contributed by atoms with E-state index in [4.69, 9.17) is 0 Å². The Kier molecular flexibility index (Phi) is 3.89. The fourth-order valence-corrected chi connectivity index (χ4v) is 4.17. The molecule has 3 rings (SSSR count). The molecule has 20 heavy (non-hydrogen) atoms. The number of rotatable bonds is 2. The fraction of sp³-hybridized carbons (Fsp3) is 0.375. The molecule has 0 saturated carbocycles. The van der Waals surface area contributed by atoms with E-state index >= 15 is 0 Å². The van der Waals surface area contributed by atoms with Crippen LogP contribution in [0.1, 0.15) is 24.3 Å². The number of fused-ring (bicyclic) bond motifs is 1. The second kappa shape index (κ2) is 5.51. The summed E-state index contributed by atoms with van der Waals surface area (Å²) in [5.41, 5.74) is 2.85. The monoisotopic (exact) mass is 350 g/mol. The second-order valence-electron chi connectivity index (χ2n) is 5.91. The minimum Gasteiger partial charge on any atom is -0.364 e. The molecule has 0 fully saturated rings. The standard InChI is InChI=1S/C16H19BrN2S/c1-16(2)11-19(10-15-13(17)7-8-20-15)14-6-4-3-5-12(14)9-18-16/h3-8,18H,9-11H2,1-2H3. The summed E-state index contributed by atoms with van der Waals surface area (Å²) in [6.07, 6.45) is 0. The molecule has 4 heteroatoms. The minimum absolute atomic E-state index is 0.114. The Bertz CT molecular complexity index is 606. The number of hydrogen-bond acceptors (Lipinski definition) is 3. The van der Waals surface area contributed by atoms with Gasteiger partial charge in [-0.2, -0.15) is 0 Å². The lowest BCUT2D eigenvalue weighted by Gasteiger charge is -2.32. The molecule has 1 aromatic carbocycles. The summed E-state index contributed by atoms with van der Waals surface area (Å²) in [6, 6.07) is 10.8. The summed E-state index contributed by atoms with van der Waals surface area (Å²) in [4.78, 5) is 3.88. The van der Waals surface area contributed by atoms with E-state index in [1.165, 1.54) is 20.6 Å². The number of para-hydroxylation sites is 1.